The van der Waals surface area contributed by atoms with Crippen molar-refractivity contribution in [1.29, 1.82) is 0 Å². The zero-order chi connectivity index (χ0) is 57.5. The summed E-state index contributed by atoms with van der Waals surface area (Å²) in [6, 6.07) is 0. The highest BCUT2D eigenvalue weighted by Gasteiger charge is 2.50. The van der Waals surface area contributed by atoms with Crippen molar-refractivity contribution in [3.8, 4) is 0 Å². The molecule has 79 heavy (non-hydrogen) atoms. The Morgan fingerprint density at radius 1 is 0.430 bits per heavy atom. The van der Waals surface area contributed by atoms with Crippen LogP contribution in [0, 0.1) is 0 Å². The Morgan fingerprint density at radius 3 is 1.27 bits per heavy atom. The van der Waals surface area contributed by atoms with Crippen LogP contribution in [0.3, 0.4) is 0 Å². The van der Waals surface area contributed by atoms with E-state index in [2.05, 4.69) is 106 Å². The maximum Gasteiger partial charge on any atom is 0.335 e. The van der Waals surface area contributed by atoms with Gasteiger partial charge < -0.3 is 39.0 Å². The normalized spacial score (nSPS) is 18.5. The lowest BCUT2D eigenvalue weighted by Crippen LogP contribution is -2.61. The van der Waals surface area contributed by atoms with E-state index in [1.54, 1.807) is 0 Å². The molecular formula is C67H110O12. The zero-order valence-corrected chi connectivity index (χ0v) is 49.6. The summed E-state index contributed by atoms with van der Waals surface area (Å²) >= 11 is 0. The summed E-state index contributed by atoms with van der Waals surface area (Å²) in [5, 5.41) is 31.5. The molecule has 1 rings (SSSR count). The highest BCUT2D eigenvalue weighted by molar-refractivity contribution is 5.74. The molecule has 1 saturated heterocycles. The SMILES string of the molecule is CC/C=C\C/C=C\C/C=C\C/C=C\CCC(=O)OC(COC(=O)CCCCCCCCCCC/C=C\C/C=C\CCCCC)COC1OC(C(=O)O)C(O)C(O)C1OC(=O)CCCCCCCCC/C=C\C/C=C\CCCCC. The number of carbonyl (C=O) groups is 4. The first kappa shape index (κ1) is 72.7. The molecule has 1 aliphatic rings. The Balaban J connectivity index is 2.69. The van der Waals surface area contributed by atoms with E-state index in [9.17, 15) is 34.5 Å². The number of unbranched alkanes of at least 4 members (excludes halogenated alkanes) is 22. The molecule has 1 heterocycles. The van der Waals surface area contributed by atoms with E-state index in [0.717, 1.165) is 109 Å². The van der Waals surface area contributed by atoms with Gasteiger partial charge in [0.1, 0.15) is 18.8 Å². The van der Waals surface area contributed by atoms with Gasteiger partial charge in [-0.3, -0.25) is 14.4 Å². The van der Waals surface area contributed by atoms with Gasteiger partial charge in [-0.2, -0.15) is 0 Å². The molecule has 0 aromatic rings. The van der Waals surface area contributed by atoms with E-state index in [-0.39, 0.29) is 25.9 Å². The molecule has 0 aromatic carbocycles. The van der Waals surface area contributed by atoms with Crippen LogP contribution in [-0.2, 0) is 42.9 Å². The summed E-state index contributed by atoms with van der Waals surface area (Å²) < 4.78 is 28.4. The molecule has 0 aromatic heterocycles. The Labute approximate surface area is 479 Å². The van der Waals surface area contributed by atoms with Crippen molar-refractivity contribution in [2.75, 3.05) is 13.2 Å². The van der Waals surface area contributed by atoms with Crippen molar-refractivity contribution in [2.24, 2.45) is 0 Å². The third-order valence-electron chi connectivity index (χ3n) is 13.6. The highest BCUT2D eigenvalue weighted by Crippen LogP contribution is 2.26. The first-order valence-electron chi connectivity index (χ1n) is 31.2. The van der Waals surface area contributed by atoms with Crippen LogP contribution < -0.4 is 0 Å². The zero-order valence-electron chi connectivity index (χ0n) is 49.6. The minimum absolute atomic E-state index is 0.0364. The molecule has 450 valence electrons. The molecule has 0 spiro atoms. The van der Waals surface area contributed by atoms with Crippen LogP contribution in [0.1, 0.15) is 252 Å². The molecule has 1 aliphatic heterocycles. The largest absolute Gasteiger partial charge is 0.479 e. The quantitative estimate of drug-likeness (QED) is 0.0228. The number of allylic oxidation sites excluding steroid dienone is 16. The van der Waals surface area contributed by atoms with E-state index >= 15 is 0 Å². The van der Waals surface area contributed by atoms with Crippen molar-refractivity contribution in [2.45, 2.75) is 289 Å². The fraction of sp³-hybridized carbons (Fsp3) is 0.701. The van der Waals surface area contributed by atoms with Gasteiger partial charge >= 0.3 is 23.9 Å². The molecule has 3 N–H and O–H groups in total. The van der Waals surface area contributed by atoms with Gasteiger partial charge in [0.2, 0.25) is 0 Å². The number of ether oxygens (including phenoxy) is 5. The van der Waals surface area contributed by atoms with E-state index in [1.807, 2.05) is 12.2 Å². The van der Waals surface area contributed by atoms with Crippen LogP contribution in [0.15, 0.2) is 97.2 Å². The number of carboxylic acid groups (broad SMARTS) is 1. The Kier molecular flexibility index (Phi) is 49.9. The van der Waals surface area contributed by atoms with Crippen LogP contribution in [0.5, 0.6) is 0 Å². The van der Waals surface area contributed by atoms with E-state index < -0.39 is 67.3 Å². The van der Waals surface area contributed by atoms with Crippen LogP contribution in [0.4, 0.5) is 0 Å². The number of hydrogen-bond donors (Lipinski definition) is 3. The minimum atomic E-state index is -1.92. The van der Waals surface area contributed by atoms with Crippen molar-refractivity contribution >= 4 is 23.9 Å². The second kappa shape index (κ2) is 54.2. The lowest BCUT2D eigenvalue weighted by atomic mass is 9.98. The number of hydrogen-bond acceptors (Lipinski definition) is 11. The molecule has 12 heteroatoms. The van der Waals surface area contributed by atoms with Crippen molar-refractivity contribution in [1.82, 2.24) is 0 Å². The first-order valence-corrected chi connectivity index (χ1v) is 31.2. The topological polar surface area (TPSA) is 175 Å². The summed E-state index contributed by atoms with van der Waals surface area (Å²) in [6.45, 7) is 5.77. The molecule has 0 bridgehead atoms. The average Bonchev–Trinajstić information content (AvgIpc) is 3.44. The maximum absolute atomic E-state index is 13.1. The third-order valence-corrected chi connectivity index (χ3v) is 13.6. The number of aliphatic carboxylic acids is 1. The Morgan fingerprint density at radius 2 is 0.823 bits per heavy atom. The predicted molar refractivity (Wildman–Crippen MR) is 321 cm³/mol. The highest BCUT2D eigenvalue weighted by atomic mass is 16.7. The van der Waals surface area contributed by atoms with Gasteiger partial charge in [0, 0.05) is 19.3 Å². The van der Waals surface area contributed by atoms with Crippen molar-refractivity contribution < 1.29 is 58.2 Å². The van der Waals surface area contributed by atoms with E-state index in [1.165, 1.54) is 77.0 Å². The monoisotopic (exact) mass is 1110 g/mol. The van der Waals surface area contributed by atoms with Crippen LogP contribution in [0.25, 0.3) is 0 Å². The molecule has 6 atom stereocenters. The maximum atomic E-state index is 13.1. The smallest absolute Gasteiger partial charge is 0.335 e. The molecule has 0 radical (unpaired) electrons. The van der Waals surface area contributed by atoms with Gasteiger partial charge in [-0.15, -0.1) is 0 Å². The number of carbonyl (C=O) groups excluding carboxylic acids is 3. The number of carboxylic acids is 1. The fourth-order valence-corrected chi connectivity index (χ4v) is 8.85. The van der Waals surface area contributed by atoms with Crippen LogP contribution in [-0.4, -0.2) is 89.2 Å². The summed E-state index contributed by atoms with van der Waals surface area (Å²) in [6.07, 6.45) is 59.6. The molecule has 12 nitrogen and oxygen atoms in total. The lowest BCUT2D eigenvalue weighted by molar-refractivity contribution is -0.301. The molecule has 6 unspecified atom stereocenters. The minimum Gasteiger partial charge on any atom is -0.479 e. The molecule has 1 fully saturated rings. The van der Waals surface area contributed by atoms with Crippen molar-refractivity contribution in [3.05, 3.63) is 97.2 Å². The van der Waals surface area contributed by atoms with E-state index in [4.69, 9.17) is 23.7 Å². The van der Waals surface area contributed by atoms with Gasteiger partial charge in [-0.1, -0.05) is 221 Å². The van der Waals surface area contributed by atoms with Gasteiger partial charge in [0.15, 0.2) is 24.6 Å². The second-order valence-electron chi connectivity index (χ2n) is 20.9. The molecular weight excluding hydrogens is 997 g/mol. The van der Waals surface area contributed by atoms with Crippen LogP contribution in [0.2, 0.25) is 0 Å². The van der Waals surface area contributed by atoms with E-state index in [0.29, 0.717) is 25.7 Å². The van der Waals surface area contributed by atoms with Gasteiger partial charge in [-0.05, 0) is 109 Å². The van der Waals surface area contributed by atoms with Crippen molar-refractivity contribution in [3.63, 3.8) is 0 Å². The molecule has 0 aliphatic carbocycles. The standard InChI is InChI=1S/C67H110O12/c1-4-7-10-13-16-19-22-25-27-29-30-32-33-36-38-41-44-47-50-53-59(68)75-56-58(77-60(69)54-51-48-45-42-39-35-24-21-18-15-12-9-6-3)57-76-67-65(63(72)62(71)64(79-67)66(73)74)78-61(70)55-52-49-46-43-40-37-34-31-28-26-23-20-17-14-11-8-5-2/h9,12,16-21,25-28,35,39,45,48,58,62-65,67,71-72H,4-8,10-11,13-15,22-24,29-34,36-38,40-44,46-47,49-57H2,1-3H3,(H,73,74)/b12-9-,19-16-,20-17-,21-18-,27-25-,28-26-,39-35-,48-45-. The Hall–Kier alpha value is -4.36. The molecule has 0 saturated carbocycles. The number of rotatable bonds is 52. The summed E-state index contributed by atoms with van der Waals surface area (Å²) in [5.41, 5.74) is 0. The fourth-order valence-electron chi connectivity index (χ4n) is 8.85. The first-order chi connectivity index (χ1) is 38.6. The summed E-state index contributed by atoms with van der Waals surface area (Å²) in [5.74, 6) is -3.25. The lowest BCUT2D eigenvalue weighted by Gasteiger charge is -2.40. The second-order valence-corrected chi connectivity index (χ2v) is 20.9. The predicted octanol–water partition coefficient (Wildman–Crippen LogP) is 16.5. The average molecular weight is 1110 g/mol. The van der Waals surface area contributed by atoms with Crippen LogP contribution >= 0.6 is 0 Å². The number of aliphatic hydroxyl groups is 2. The van der Waals surface area contributed by atoms with Gasteiger partial charge in [0.05, 0.1) is 6.61 Å². The van der Waals surface area contributed by atoms with Gasteiger partial charge in [0.25, 0.3) is 0 Å². The summed E-state index contributed by atoms with van der Waals surface area (Å²) in [4.78, 5) is 51.2. The van der Waals surface area contributed by atoms with Gasteiger partial charge in [-0.25, -0.2) is 4.79 Å². The number of esters is 3. The Bertz CT molecular complexity index is 1740. The third kappa shape index (κ3) is 44.0. The number of aliphatic hydroxyl groups excluding tert-OH is 2. The summed E-state index contributed by atoms with van der Waals surface area (Å²) in [7, 11) is 0. The molecule has 0 amide bonds.